The molecule has 1 atom stereocenters. The van der Waals surface area contributed by atoms with Gasteiger partial charge in [-0.25, -0.2) is 0 Å². The third-order valence-electron chi connectivity index (χ3n) is 13.4. The lowest BCUT2D eigenvalue weighted by molar-refractivity contribution is 0.565. The zero-order chi connectivity index (χ0) is 38.4. The zero-order valence-corrected chi connectivity index (χ0v) is 32.3. The van der Waals surface area contributed by atoms with E-state index in [1.807, 2.05) is 0 Å². The van der Waals surface area contributed by atoms with Crippen LogP contribution in [0.25, 0.3) is 65.8 Å². The fourth-order valence-corrected chi connectivity index (χ4v) is 10.7. The second kappa shape index (κ2) is 12.5. The molecule has 1 unspecified atom stereocenters. The molecule has 2 aliphatic rings. The van der Waals surface area contributed by atoms with Crippen LogP contribution in [0.1, 0.15) is 45.9 Å². The molecule has 0 bridgehead atoms. The van der Waals surface area contributed by atoms with Gasteiger partial charge in [-0.15, -0.1) is 0 Å². The number of fused-ring (bicyclic) bond motifs is 14. The molecule has 1 nitrogen and oxygen atoms in total. The summed E-state index contributed by atoms with van der Waals surface area (Å²) in [6.45, 7) is 2.41. The van der Waals surface area contributed by atoms with Crippen LogP contribution < -0.4 is 0 Å². The van der Waals surface area contributed by atoms with Gasteiger partial charge in [0.15, 0.2) is 0 Å². The van der Waals surface area contributed by atoms with Crippen LogP contribution in [0.3, 0.4) is 0 Å². The first-order chi connectivity index (χ1) is 28.6. The van der Waals surface area contributed by atoms with Crippen LogP contribution in [0.4, 0.5) is 0 Å². The Labute approximate surface area is 338 Å². The van der Waals surface area contributed by atoms with E-state index in [1.165, 1.54) is 93.9 Å². The van der Waals surface area contributed by atoms with Crippen LogP contribution in [0.5, 0.6) is 0 Å². The van der Waals surface area contributed by atoms with E-state index < -0.39 is 0 Å². The summed E-state index contributed by atoms with van der Waals surface area (Å²) >= 11 is 0. The summed E-state index contributed by atoms with van der Waals surface area (Å²) in [4.78, 5) is 5.04. The molecule has 0 saturated carbocycles. The summed E-state index contributed by atoms with van der Waals surface area (Å²) < 4.78 is 0. The highest BCUT2D eigenvalue weighted by atomic mass is 14.7. The fraction of sp³-hybridized carbons (Fsp3) is 0.0702. The Morgan fingerprint density at radius 3 is 1.66 bits per heavy atom. The molecule has 9 aromatic carbocycles. The molecular weight excluding hydrogens is 699 g/mol. The molecule has 2 aliphatic carbocycles. The first-order valence-corrected chi connectivity index (χ1v) is 20.4. The number of pyridine rings is 1. The number of nitrogens with zero attached hydrogens (tertiary/aromatic N) is 1. The topological polar surface area (TPSA) is 12.9 Å². The average Bonchev–Trinajstić information content (AvgIpc) is 3.76. The van der Waals surface area contributed by atoms with E-state index in [0.29, 0.717) is 0 Å². The summed E-state index contributed by atoms with van der Waals surface area (Å²) in [5.74, 6) is 0. The van der Waals surface area contributed by atoms with Crippen LogP contribution in [0, 0.1) is 0 Å². The highest BCUT2D eigenvalue weighted by Crippen LogP contribution is 2.63. The minimum absolute atomic E-state index is 0.375. The van der Waals surface area contributed by atoms with Gasteiger partial charge in [-0.3, -0.25) is 4.98 Å². The number of benzene rings is 9. The number of para-hydroxylation sites is 1. The fourth-order valence-electron chi connectivity index (χ4n) is 10.7. The summed E-state index contributed by atoms with van der Waals surface area (Å²) in [6, 6.07) is 74.7. The van der Waals surface area contributed by atoms with Crippen LogP contribution in [-0.2, 0) is 17.3 Å². The zero-order valence-electron chi connectivity index (χ0n) is 32.3. The van der Waals surface area contributed by atoms with E-state index in [9.17, 15) is 0 Å². The van der Waals surface area contributed by atoms with E-state index in [0.717, 1.165) is 17.3 Å². The van der Waals surface area contributed by atoms with Crippen LogP contribution >= 0.6 is 0 Å². The van der Waals surface area contributed by atoms with Crippen molar-refractivity contribution in [3.8, 4) is 33.4 Å². The summed E-state index contributed by atoms with van der Waals surface area (Å²) in [6.07, 6.45) is 2.93. The van der Waals surface area contributed by atoms with Crippen molar-refractivity contribution in [1.82, 2.24) is 4.98 Å². The van der Waals surface area contributed by atoms with Crippen molar-refractivity contribution in [2.75, 3.05) is 0 Å². The highest BCUT2D eigenvalue weighted by molar-refractivity contribution is 6.13. The molecule has 1 spiro atoms. The summed E-state index contributed by atoms with van der Waals surface area (Å²) in [5.41, 5.74) is 17.4. The Bertz CT molecular complexity index is 3220. The second-order valence-corrected chi connectivity index (χ2v) is 16.5. The molecule has 0 aliphatic heterocycles. The lowest BCUT2D eigenvalue weighted by atomic mass is 9.69. The Morgan fingerprint density at radius 2 is 0.966 bits per heavy atom. The van der Waals surface area contributed by atoms with Gasteiger partial charge in [0, 0.05) is 17.0 Å². The molecule has 12 rings (SSSR count). The largest absolute Gasteiger partial charge is 0.256 e. The van der Waals surface area contributed by atoms with Crippen molar-refractivity contribution < 1.29 is 0 Å². The van der Waals surface area contributed by atoms with Crippen molar-refractivity contribution in [2.45, 2.75) is 24.2 Å². The van der Waals surface area contributed by atoms with Crippen LogP contribution in [0.2, 0.25) is 0 Å². The second-order valence-electron chi connectivity index (χ2n) is 16.5. The minimum Gasteiger partial charge on any atom is -0.256 e. The van der Waals surface area contributed by atoms with Gasteiger partial charge in [0.25, 0.3) is 0 Å². The van der Waals surface area contributed by atoms with Crippen molar-refractivity contribution >= 4 is 32.4 Å². The number of hydrogen-bond donors (Lipinski definition) is 0. The van der Waals surface area contributed by atoms with Gasteiger partial charge in [-0.2, -0.15) is 0 Å². The molecule has 0 radical (unpaired) electrons. The molecule has 0 fully saturated rings. The maximum Gasteiger partial charge on any atom is 0.0725 e. The predicted molar refractivity (Wildman–Crippen MR) is 242 cm³/mol. The Morgan fingerprint density at radius 1 is 0.414 bits per heavy atom. The Balaban J connectivity index is 1.03. The van der Waals surface area contributed by atoms with E-state index >= 15 is 0 Å². The van der Waals surface area contributed by atoms with Crippen molar-refractivity contribution in [3.05, 3.63) is 245 Å². The van der Waals surface area contributed by atoms with E-state index in [-0.39, 0.29) is 10.8 Å². The predicted octanol–water partition coefficient (Wildman–Crippen LogP) is 14.1. The number of hydrogen-bond acceptors (Lipinski definition) is 1. The number of rotatable bonds is 5. The van der Waals surface area contributed by atoms with Gasteiger partial charge in [-0.05, 0) is 118 Å². The molecule has 0 N–H and O–H groups in total. The first-order valence-electron chi connectivity index (χ1n) is 20.4. The molecule has 0 saturated heterocycles. The number of aromatic nitrogens is 1. The quantitative estimate of drug-likeness (QED) is 0.160. The molecule has 1 heterocycles. The molecule has 10 aromatic rings. The average molecular weight is 738 g/mol. The van der Waals surface area contributed by atoms with Crippen molar-refractivity contribution in [3.63, 3.8) is 0 Å². The third-order valence-corrected chi connectivity index (χ3v) is 13.4. The lowest BCUT2D eigenvalue weighted by Crippen LogP contribution is -2.28. The highest BCUT2D eigenvalue weighted by Gasteiger charge is 2.51. The first kappa shape index (κ1) is 33.1. The molecular formula is C57H39N. The molecule has 58 heavy (non-hydrogen) atoms. The van der Waals surface area contributed by atoms with E-state index in [2.05, 4.69) is 213 Å². The normalized spacial score (nSPS) is 14.3. The molecule has 1 heteroatoms. The van der Waals surface area contributed by atoms with E-state index in [4.69, 9.17) is 4.98 Å². The Kier molecular flexibility index (Phi) is 7.10. The molecule has 272 valence electrons. The van der Waals surface area contributed by atoms with E-state index in [1.54, 1.807) is 0 Å². The van der Waals surface area contributed by atoms with Gasteiger partial charge in [-0.1, -0.05) is 189 Å². The molecule has 1 aromatic heterocycles. The Hall–Kier alpha value is -7.09. The SMILES string of the molecule is CC(Cc1ccc2c(c1)C1(c3ccccc3-c3ccccc31)c1ccccc1-2)(c1ccc(-c2cc3ccccc3c3ccccc23)cc1)c1cnc2ccccc2c1. The van der Waals surface area contributed by atoms with Crippen molar-refractivity contribution in [2.24, 2.45) is 0 Å². The lowest BCUT2D eigenvalue weighted by Gasteiger charge is -2.33. The van der Waals surface area contributed by atoms with Gasteiger partial charge < -0.3 is 0 Å². The van der Waals surface area contributed by atoms with Crippen LogP contribution in [0.15, 0.2) is 206 Å². The third kappa shape index (κ3) is 4.62. The van der Waals surface area contributed by atoms with Gasteiger partial charge in [0.1, 0.15) is 0 Å². The van der Waals surface area contributed by atoms with Gasteiger partial charge >= 0.3 is 0 Å². The van der Waals surface area contributed by atoms with Crippen LogP contribution in [-0.4, -0.2) is 4.98 Å². The minimum atomic E-state index is -0.376. The van der Waals surface area contributed by atoms with Gasteiger partial charge in [0.2, 0.25) is 0 Å². The van der Waals surface area contributed by atoms with Crippen molar-refractivity contribution in [1.29, 1.82) is 0 Å². The van der Waals surface area contributed by atoms with Gasteiger partial charge in [0.05, 0.1) is 10.9 Å². The molecule has 0 amide bonds. The monoisotopic (exact) mass is 737 g/mol. The maximum atomic E-state index is 5.04. The standard InChI is InChI=1S/C57H39N/c1-56(42-33-40-15-3-13-25-55(40)58-36-42,41-29-27-38(28-30-41)50-34-39-14-2-4-16-43(39)44-17-5-6-18-45(44)50)35-37-26-31-49-48-21-9-12-24-53(48)57(54(49)32-37)51-22-10-7-19-46(51)47-20-8-11-23-52(47)57/h2-34,36H,35H2,1H3. The smallest absolute Gasteiger partial charge is 0.0725 e. The maximum absolute atomic E-state index is 5.04. The summed E-state index contributed by atoms with van der Waals surface area (Å²) in [5, 5.41) is 6.28. The summed E-state index contributed by atoms with van der Waals surface area (Å²) in [7, 11) is 0.